The number of hydrogen-bond donors (Lipinski definition) is 0. The SMILES string of the molecule is C=C(C)C(=O)OCCC(C)C.C=C(C)C(=O)OCCCCC. The second-order valence-electron chi connectivity index (χ2n) is 5.72. The van der Waals surface area contributed by atoms with E-state index in [1.165, 1.54) is 0 Å². The van der Waals surface area contributed by atoms with Crippen molar-refractivity contribution in [2.75, 3.05) is 13.2 Å². The van der Waals surface area contributed by atoms with Crippen molar-refractivity contribution in [3.05, 3.63) is 24.3 Å². The summed E-state index contributed by atoms with van der Waals surface area (Å²) in [6, 6.07) is 0. The van der Waals surface area contributed by atoms with Crippen molar-refractivity contribution in [3.63, 3.8) is 0 Å². The number of ether oxygens (including phenoxy) is 2. The average Bonchev–Trinajstić information content (AvgIpc) is 2.43. The van der Waals surface area contributed by atoms with E-state index < -0.39 is 0 Å². The van der Waals surface area contributed by atoms with Crippen LogP contribution in [0.5, 0.6) is 0 Å². The molecule has 0 aromatic rings. The molecule has 0 bridgehead atoms. The number of esters is 2. The van der Waals surface area contributed by atoms with Gasteiger partial charge in [0.25, 0.3) is 0 Å². The predicted octanol–water partition coefficient (Wildman–Crippen LogP) is 4.45. The lowest BCUT2D eigenvalue weighted by molar-refractivity contribution is -0.140. The first-order valence-electron chi connectivity index (χ1n) is 7.87. The van der Waals surface area contributed by atoms with E-state index in [0.29, 0.717) is 30.3 Å². The van der Waals surface area contributed by atoms with E-state index in [-0.39, 0.29) is 11.9 Å². The van der Waals surface area contributed by atoms with Gasteiger partial charge < -0.3 is 9.47 Å². The Kier molecular flexibility index (Phi) is 14.8. The summed E-state index contributed by atoms with van der Waals surface area (Å²) in [5, 5.41) is 0. The van der Waals surface area contributed by atoms with Crippen LogP contribution in [0.2, 0.25) is 0 Å². The van der Waals surface area contributed by atoms with Gasteiger partial charge in [0, 0.05) is 11.1 Å². The molecule has 0 radical (unpaired) electrons. The number of carbonyl (C=O) groups is 2. The molecule has 128 valence electrons. The summed E-state index contributed by atoms with van der Waals surface area (Å²) in [5.74, 6) is 0.0136. The Labute approximate surface area is 135 Å². The molecule has 0 heterocycles. The van der Waals surface area contributed by atoms with Crippen molar-refractivity contribution in [2.45, 2.75) is 60.3 Å². The molecule has 0 N–H and O–H groups in total. The van der Waals surface area contributed by atoms with Gasteiger partial charge in [0.2, 0.25) is 0 Å². The summed E-state index contributed by atoms with van der Waals surface area (Å²) in [6.45, 7) is 17.6. The lowest BCUT2D eigenvalue weighted by atomic mass is 10.1. The molecule has 0 rings (SSSR count). The second kappa shape index (κ2) is 14.4. The minimum atomic E-state index is -0.286. The van der Waals surface area contributed by atoms with Crippen molar-refractivity contribution in [1.29, 1.82) is 0 Å². The van der Waals surface area contributed by atoms with Gasteiger partial charge in [0.15, 0.2) is 0 Å². The normalized spacial score (nSPS) is 9.55. The van der Waals surface area contributed by atoms with E-state index >= 15 is 0 Å². The van der Waals surface area contributed by atoms with Gasteiger partial charge in [-0.05, 0) is 32.6 Å². The molecular weight excluding hydrogens is 280 g/mol. The number of hydrogen-bond acceptors (Lipinski definition) is 4. The topological polar surface area (TPSA) is 52.6 Å². The summed E-state index contributed by atoms with van der Waals surface area (Å²) < 4.78 is 9.74. The van der Waals surface area contributed by atoms with Crippen LogP contribution >= 0.6 is 0 Å². The highest BCUT2D eigenvalue weighted by molar-refractivity contribution is 5.87. The van der Waals surface area contributed by atoms with Gasteiger partial charge in [-0.25, -0.2) is 9.59 Å². The third kappa shape index (κ3) is 16.5. The third-order valence-corrected chi connectivity index (χ3v) is 2.61. The number of carbonyl (C=O) groups excluding carboxylic acids is 2. The Balaban J connectivity index is 0. The largest absolute Gasteiger partial charge is 0.462 e. The molecule has 4 heteroatoms. The van der Waals surface area contributed by atoms with Crippen LogP contribution in [0.15, 0.2) is 24.3 Å². The van der Waals surface area contributed by atoms with E-state index in [1.807, 2.05) is 0 Å². The van der Waals surface area contributed by atoms with Crippen molar-refractivity contribution in [1.82, 2.24) is 0 Å². The highest BCUT2D eigenvalue weighted by Crippen LogP contribution is 2.00. The molecule has 0 unspecified atom stereocenters. The summed E-state index contributed by atoms with van der Waals surface area (Å²) in [6.07, 6.45) is 4.13. The number of rotatable bonds is 9. The Morgan fingerprint density at radius 1 is 0.909 bits per heavy atom. The number of unbranched alkanes of at least 4 members (excludes halogenated alkanes) is 2. The van der Waals surface area contributed by atoms with Crippen LogP contribution in [0.25, 0.3) is 0 Å². The molecule has 0 aliphatic carbocycles. The summed E-state index contributed by atoms with van der Waals surface area (Å²) in [5.41, 5.74) is 0.940. The van der Waals surface area contributed by atoms with Crippen molar-refractivity contribution in [3.8, 4) is 0 Å². The van der Waals surface area contributed by atoms with Gasteiger partial charge in [-0.2, -0.15) is 0 Å². The van der Waals surface area contributed by atoms with Gasteiger partial charge >= 0.3 is 11.9 Å². The average molecular weight is 312 g/mol. The molecule has 22 heavy (non-hydrogen) atoms. The predicted molar refractivity (Wildman–Crippen MR) is 90.5 cm³/mol. The van der Waals surface area contributed by atoms with E-state index in [2.05, 4.69) is 33.9 Å². The quantitative estimate of drug-likeness (QED) is 0.358. The summed E-state index contributed by atoms with van der Waals surface area (Å²) in [7, 11) is 0. The molecule has 0 fully saturated rings. The maximum absolute atomic E-state index is 10.8. The molecule has 0 amide bonds. The maximum Gasteiger partial charge on any atom is 0.333 e. The zero-order valence-electron chi connectivity index (χ0n) is 14.9. The Bertz CT molecular complexity index is 356. The smallest absolute Gasteiger partial charge is 0.333 e. The van der Waals surface area contributed by atoms with Crippen molar-refractivity contribution < 1.29 is 19.1 Å². The highest BCUT2D eigenvalue weighted by Gasteiger charge is 2.02. The van der Waals surface area contributed by atoms with Crippen LogP contribution in [0.4, 0.5) is 0 Å². The standard InChI is InChI=1S/2C9H16O2/c1-7(2)5-6-11-9(10)8(3)4;1-4-5-6-7-11-9(10)8(2)3/h7H,3,5-6H2,1-2,4H3;2,4-7H2,1,3H3. The molecular formula is C18H32O4. The van der Waals surface area contributed by atoms with E-state index in [4.69, 9.17) is 9.47 Å². The fourth-order valence-corrected chi connectivity index (χ4v) is 1.15. The van der Waals surface area contributed by atoms with Crippen LogP contribution in [0.1, 0.15) is 60.3 Å². The molecule has 0 saturated heterocycles. The third-order valence-electron chi connectivity index (χ3n) is 2.61. The Morgan fingerprint density at radius 3 is 1.73 bits per heavy atom. The monoisotopic (exact) mass is 312 g/mol. The molecule has 0 aliphatic rings. The van der Waals surface area contributed by atoms with Crippen molar-refractivity contribution >= 4 is 11.9 Å². The molecule has 0 aliphatic heterocycles. The van der Waals surface area contributed by atoms with Crippen LogP contribution in [-0.2, 0) is 19.1 Å². The van der Waals surface area contributed by atoms with E-state index in [9.17, 15) is 9.59 Å². The summed E-state index contributed by atoms with van der Waals surface area (Å²) in [4.78, 5) is 21.6. The Morgan fingerprint density at radius 2 is 1.36 bits per heavy atom. The van der Waals surface area contributed by atoms with Gasteiger partial charge in [-0.1, -0.05) is 46.8 Å². The molecule has 0 saturated carbocycles. The van der Waals surface area contributed by atoms with E-state index in [0.717, 1.165) is 25.7 Å². The van der Waals surface area contributed by atoms with Gasteiger partial charge in [-0.15, -0.1) is 0 Å². The maximum atomic E-state index is 10.8. The van der Waals surface area contributed by atoms with Gasteiger partial charge in [-0.3, -0.25) is 0 Å². The van der Waals surface area contributed by atoms with Crippen LogP contribution in [-0.4, -0.2) is 25.2 Å². The first kappa shape index (κ1) is 22.7. The summed E-state index contributed by atoms with van der Waals surface area (Å²) >= 11 is 0. The Hall–Kier alpha value is -1.58. The minimum Gasteiger partial charge on any atom is -0.462 e. The van der Waals surface area contributed by atoms with Gasteiger partial charge in [0.1, 0.15) is 0 Å². The highest BCUT2D eigenvalue weighted by atomic mass is 16.5. The van der Waals surface area contributed by atoms with E-state index in [1.54, 1.807) is 13.8 Å². The van der Waals surface area contributed by atoms with Crippen LogP contribution < -0.4 is 0 Å². The van der Waals surface area contributed by atoms with Crippen LogP contribution in [0.3, 0.4) is 0 Å². The fraction of sp³-hybridized carbons (Fsp3) is 0.667. The van der Waals surface area contributed by atoms with Crippen molar-refractivity contribution in [2.24, 2.45) is 5.92 Å². The van der Waals surface area contributed by atoms with Crippen LogP contribution in [0, 0.1) is 5.92 Å². The molecule has 0 atom stereocenters. The molecule has 0 aromatic heterocycles. The second-order valence-corrected chi connectivity index (χ2v) is 5.72. The minimum absolute atomic E-state index is 0.277. The molecule has 0 aromatic carbocycles. The molecule has 0 spiro atoms. The lowest BCUT2D eigenvalue weighted by Crippen LogP contribution is -2.07. The van der Waals surface area contributed by atoms with Gasteiger partial charge in [0.05, 0.1) is 13.2 Å². The zero-order chi connectivity index (χ0) is 17.5. The lowest BCUT2D eigenvalue weighted by Gasteiger charge is -2.05. The first-order chi connectivity index (χ1) is 10.2. The zero-order valence-corrected chi connectivity index (χ0v) is 14.9. The molecule has 4 nitrogen and oxygen atoms in total. The first-order valence-corrected chi connectivity index (χ1v) is 7.87. The fourth-order valence-electron chi connectivity index (χ4n) is 1.15.